The van der Waals surface area contributed by atoms with Crippen molar-refractivity contribution in [1.29, 1.82) is 0 Å². The van der Waals surface area contributed by atoms with Crippen LogP contribution in [-0.2, 0) is 28.4 Å². The quantitative estimate of drug-likeness (QED) is 0.467. The Morgan fingerprint density at radius 1 is 1.33 bits per heavy atom. The smallest absolute Gasteiger partial charge is 0.334 e. The Balaban J connectivity index is 1.64. The first kappa shape index (κ1) is 19.1. The van der Waals surface area contributed by atoms with Crippen LogP contribution in [0.2, 0.25) is 0 Å². The highest BCUT2D eigenvalue weighted by Gasteiger charge is 2.26. The molecule has 0 aromatic carbocycles. The molecule has 9 nitrogen and oxygen atoms in total. The summed E-state index contributed by atoms with van der Waals surface area (Å²) in [6.45, 7) is 0. The average molecular weight is 406 g/mol. The van der Waals surface area contributed by atoms with E-state index < -0.39 is 12.0 Å². The first-order valence-corrected chi connectivity index (χ1v) is 9.79. The lowest BCUT2D eigenvalue weighted by Crippen LogP contribution is -2.36. The van der Waals surface area contributed by atoms with Gasteiger partial charge in [-0.1, -0.05) is 17.8 Å². The Kier molecular flexibility index (Phi) is 5.91. The van der Waals surface area contributed by atoms with Crippen LogP contribution in [0.15, 0.2) is 34.9 Å². The van der Waals surface area contributed by atoms with Crippen LogP contribution in [0.25, 0.3) is 10.7 Å². The number of nitrogens with zero attached hydrogens (tertiary/aromatic N) is 5. The number of methoxy groups -OCH3 is 1. The number of nitrogens with one attached hydrogen (secondary N) is 1. The standard InChI is InChI=1S/C16H18N6O3S2/c1-21-7-6-10(20-21)13(15(24)25-3)17-12(23)9-27-16-19-18-14(22(16)2)11-5-4-8-26-11/h4-8,13H,9H2,1-3H3,(H,17,23)/t13-/m0/s1. The second-order valence-electron chi connectivity index (χ2n) is 5.57. The normalized spacial score (nSPS) is 12.0. The molecule has 1 N–H and O–H groups in total. The molecule has 0 aliphatic heterocycles. The van der Waals surface area contributed by atoms with Gasteiger partial charge in [-0.15, -0.1) is 21.5 Å². The van der Waals surface area contributed by atoms with E-state index in [9.17, 15) is 9.59 Å². The highest BCUT2D eigenvalue weighted by atomic mass is 32.2. The number of esters is 1. The monoisotopic (exact) mass is 406 g/mol. The molecular formula is C16H18N6O3S2. The molecule has 0 radical (unpaired) electrons. The second kappa shape index (κ2) is 8.35. The van der Waals surface area contributed by atoms with Gasteiger partial charge in [0.05, 0.1) is 23.4 Å². The number of rotatable bonds is 7. The van der Waals surface area contributed by atoms with Gasteiger partial charge >= 0.3 is 5.97 Å². The van der Waals surface area contributed by atoms with Crippen molar-refractivity contribution in [1.82, 2.24) is 29.9 Å². The number of amides is 1. The van der Waals surface area contributed by atoms with E-state index in [0.717, 1.165) is 10.7 Å². The Bertz CT molecular complexity index is 934. The van der Waals surface area contributed by atoms with E-state index in [1.165, 1.54) is 18.9 Å². The summed E-state index contributed by atoms with van der Waals surface area (Å²) in [4.78, 5) is 25.3. The molecule has 142 valence electrons. The minimum absolute atomic E-state index is 0.0801. The molecule has 3 aromatic heterocycles. The molecule has 3 aromatic rings. The van der Waals surface area contributed by atoms with Gasteiger partial charge < -0.3 is 14.6 Å². The summed E-state index contributed by atoms with van der Waals surface area (Å²) >= 11 is 2.81. The maximum atomic E-state index is 12.3. The third-order valence-electron chi connectivity index (χ3n) is 3.68. The number of thiophene rings is 1. The lowest BCUT2D eigenvalue weighted by molar-refractivity contribution is -0.145. The largest absolute Gasteiger partial charge is 0.467 e. The Morgan fingerprint density at radius 2 is 2.15 bits per heavy atom. The van der Waals surface area contributed by atoms with Crippen molar-refractivity contribution < 1.29 is 14.3 Å². The summed E-state index contributed by atoms with van der Waals surface area (Å²) in [6.07, 6.45) is 1.69. The van der Waals surface area contributed by atoms with Crippen LogP contribution >= 0.6 is 23.1 Å². The van der Waals surface area contributed by atoms with Gasteiger partial charge in [0.25, 0.3) is 0 Å². The van der Waals surface area contributed by atoms with Crippen molar-refractivity contribution >= 4 is 35.0 Å². The first-order chi connectivity index (χ1) is 13.0. The summed E-state index contributed by atoms with van der Waals surface area (Å²) in [6, 6.07) is 4.61. The van der Waals surface area contributed by atoms with Crippen molar-refractivity contribution in [3.8, 4) is 10.7 Å². The summed E-state index contributed by atoms with van der Waals surface area (Å²) in [5.41, 5.74) is 0.418. The highest BCUT2D eigenvalue weighted by molar-refractivity contribution is 7.99. The molecule has 0 unspecified atom stereocenters. The molecule has 3 heterocycles. The molecule has 0 spiro atoms. The Morgan fingerprint density at radius 3 is 2.78 bits per heavy atom. The zero-order valence-electron chi connectivity index (χ0n) is 14.9. The van der Waals surface area contributed by atoms with E-state index in [1.807, 2.05) is 29.1 Å². The van der Waals surface area contributed by atoms with Crippen LogP contribution in [0.1, 0.15) is 11.7 Å². The first-order valence-electron chi connectivity index (χ1n) is 7.92. The fraction of sp³-hybridized carbons (Fsp3) is 0.312. The van der Waals surface area contributed by atoms with E-state index in [4.69, 9.17) is 4.74 Å². The number of hydrogen-bond acceptors (Lipinski definition) is 8. The predicted molar refractivity (Wildman–Crippen MR) is 101 cm³/mol. The molecule has 27 heavy (non-hydrogen) atoms. The topological polar surface area (TPSA) is 104 Å². The van der Waals surface area contributed by atoms with Gasteiger partial charge in [0.2, 0.25) is 5.91 Å². The minimum atomic E-state index is -0.953. The highest BCUT2D eigenvalue weighted by Crippen LogP contribution is 2.26. The van der Waals surface area contributed by atoms with Gasteiger partial charge in [0.1, 0.15) is 0 Å². The third-order valence-corrected chi connectivity index (χ3v) is 5.57. The van der Waals surface area contributed by atoms with Crippen molar-refractivity contribution in [2.45, 2.75) is 11.2 Å². The minimum Gasteiger partial charge on any atom is -0.467 e. The molecule has 3 rings (SSSR count). The molecule has 0 fully saturated rings. The molecule has 11 heteroatoms. The van der Waals surface area contributed by atoms with Gasteiger partial charge in [-0.3, -0.25) is 9.48 Å². The predicted octanol–water partition coefficient (Wildman–Crippen LogP) is 1.40. The van der Waals surface area contributed by atoms with E-state index in [2.05, 4.69) is 20.6 Å². The summed E-state index contributed by atoms with van der Waals surface area (Å²) in [7, 11) is 4.85. The van der Waals surface area contributed by atoms with Crippen LogP contribution in [0.5, 0.6) is 0 Å². The number of carbonyl (C=O) groups excluding carboxylic acids is 2. The van der Waals surface area contributed by atoms with Crippen LogP contribution in [0.3, 0.4) is 0 Å². The van der Waals surface area contributed by atoms with Gasteiger partial charge in [0, 0.05) is 20.3 Å². The maximum Gasteiger partial charge on any atom is 0.334 e. The van der Waals surface area contributed by atoms with Crippen molar-refractivity contribution in [3.63, 3.8) is 0 Å². The van der Waals surface area contributed by atoms with E-state index in [1.54, 1.807) is 35.3 Å². The van der Waals surface area contributed by atoms with Crippen molar-refractivity contribution in [3.05, 3.63) is 35.5 Å². The molecule has 0 aliphatic rings. The third kappa shape index (κ3) is 4.37. The van der Waals surface area contributed by atoms with Crippen LogP contribution < -0.4 is 5.32 Å². The summed E-state index contributed by atoms with van der Waals surface area (Å²) < 4.78 is 8.16. The fourth-order valence-corrected chi connectivity index (χ4v) is 3.82. The number of carbonyl (C=O) groups is 2. The number of aryl methyl sites for hydroxylation is 1. The molecule has 0 bridgehead atoms. The lowest BCUT2D eigenvalue weighted by Gasteiger charge is -2.14. The van der Waals surface area contributed by atoms with Crippen LogP contribution in [0, 0.1) is 0 Å². The molecule has 0 saturated carbocycles. The number of hydrogen-bond donors (Lipinski definition) is 1. The summed E-state index contributed by atoms with van der Waals surface area (Å²) in [5.74, 6) is -0.0854. The van der Waals surface area contributed by atoms with Crippen LogP contribution in [0.4, 0.5) is 0 Å². The Hall–Kier alpha value is -2.66. The molecule has 1 atom stereocenters. The van der Waals surface area contributed by atoms with Gasteiger partial charge in [-0.05, 0) is 17.5 Å². The SMILES string of the molecule is COC(=O)[C@@H](NC(=O)CSc1nnc(-c2cccs2)n1C)c1ccn(C)n1. The van der Waals surface area contributed by atoms with Crippen molar-refractivity contribution in [2.75, 3.05) is 12.9 Å². The molecule has 0 saturated heterocycles. The zero-order chi connectivity index (χ0) is 19.4. The van der Waals surface area contributed by atoms with Crippen LogP contribution in [-0.4, -0.2) is 49.3 Å². The van der Waals surface area contributed by atoms with Gasteiger partial charge in [-0.2, -0.15) is 5.10 Å². The average Bonchev–Trinajstić information content (AvgIpc) is 3.39. The van der Waals surface area contributed by atoms with E-state index >= 15 is 0 Å². The van der Waals surface area contributed by atoms with E-state index in [0.29, 0.717) is 10.9 Å². The number of thioether (sulfide) groups is 1. The van der Waals surface area contributed by atoms with Gasteiger partial charge in [0.15, 0.2) is 17.0 Å². The fourth-order valence-electron chi connectivity index (χ4n) is 2.35. The maximum absolute atomic E-state index is 12.3. The molecule has 0 aliphatic carbocycles. The summed E-state index contributed by atoms with van der Waals surface area (Å²) in [5, 5.41) is 17.7. The zero-order valence-corrected chi connectivity index (χ0v) is 16.6. The van der Waals surface area contributed by atoms with Gasteiger partial charge in [-0.25, -0.2) is 4.79 Å². The molecule has 1 amide bonds. The lowest BCUT2D eigenvalue weighted by atomic mass is 10.2. The molecular weight excluding hydrogens is 388 g/mol. The van der Waals surface area contributed by atoms with Crippen molar-refractivity contribution in [2.24, 2.45) is 14.1 Å². The number of aromatic nitrogens is 5. The van der Waals surface area contributed by atoms with E-state index in [-0.39, 0.29) is 11.7 Å². The second-order valence-corrected chi connectivity index (χ2v) is 7.46. The Labute approximate surface area is 163 Å². The number of ether oxygens (including phenoxy) is 1.